The van der Waals surface area contributed by atoms with Crippen LogP contribution >= 0.6 is 0 Å². The summed E-state index contributed by atoms with van der Waals surface area (Å²) in [6.07, 6.45) is 0. The van der Waals surface area contributed by atoms with Gasteiger partial charge in [0.2, 0.25) is 0 Å². The highest BCUT2D eigenvalue weighted by atomic mass is 16.6. The van der Waals surface area contributed by atoms with Crippen LogP contribution in [0.4, 0.5) is 4.79 Å². The summed E-state index contributed by atoms with van der Waals surface area (Å²) in [5.74, 6) is 0. The molecule has 0 aliphatic carbocycles. The second-order valence-corrected chi connectivity index (χ2v) is 1.93. The number of urea groups is 1. The number of hydrogen-bond donors (Lipinski definition) is 2. The number of hydroxylamine groups is 1. The topological polar surface area (TPSA) is 50.4 Å². The Morgan fingerprint density at radius 3 is 2.44 bits per heavy atom. The van der Waals surface area contributed by atoms with Crippen molar-refractivity contribution in [3.05, 3.63) is 0 Å². The lowest BCUT2D eigenvalue weighted by Gasteiger charge is -2.06. The highest BCUT2D eigenvalue weighted by molar-refractivity contribution is 5.72. The average molecular weight is 132 g/mol. The maximum absolute atomic E-state index is 10.5. The molecule has 0 aromatic carbocycles. The average Bonchev–Trinajstić information content (AvgIpc) is 1.63. The number of carbonyl (C=O) groups is 1. The van der Waals surface area contributed by atoms with Crippen LogP contribution in [0.1, 0.15) is 13.8 Å². The molecule has 0 aromatic rings. The zero-order valence-corrected chi connectivity index (χ0v) is 5.89. The fourth-order valence-electron chi connectivity index (χ4n) is 0.384. The minimum absolute atomic E-state index is 0.139. The minimum Gasteiger partial charge on any atom is -0.334 e. The maximum atomic E-state index is 10.5. The monoisotopic (exact) mass is 132 g/mol. The lowest BCUT2D eigenvalue weighted by Crippen LogP contribution is -2.38. The summed E-state index contributed by atoms with van der Waals surface area (Å²) in [7, 11) is 1.39. The third kappa shape index (κ3) is 5.10. The van der Waals surface area contributed by atoms with Crippen molar-refractivity contribution in [2.24, 2.45) is 0 Å². The van der Waals surface area contributed by atoms with Crippen molar-refractivity contribution in [3.63, 3.8) is 0 Å². The first kappa shape index (κ1) is 8.23. The van der Waals surface area contributed by atoms with Gasteiger partial charge in [0.15, 0.2) is 0 Å². The summed E-state index contributed by atoms with van der Waals surface area (Å²) >= 11 is 0. The van der Waals surface area contributed by atoms with Crippen LogP contribution in [0.2, 0.25) is 0 Å². The molecule has 0 aliphatic heterocycles. The molecule has 4 nitrogen and oxygen atoms in total. The Morgan fingerprint density at radius 1 is 1.56 bits per heavy atom. The Morgan fingerprint density at radius 2 is 2.11 bits per heavy atom. The highest BCUT2D eigenvalue weighted by Crippen LogP contribution is 1.74. The van der Waals surface area contributed by atoms with Gasteiger partial charge in [-0.3, -0.25) is 4.84 Å². The van der Waals surface area contributed by atoms with E-state index < -0.39 is 0 Å². The standard InChI is InChI=1S/C5H12N2O2/c1-4(2)6-5(8)7-9-3/h4H,1-3H3,(H2,6,7,8). The Hall–Kier alpha value is -0.770. The summed E-state index contributed by atoms with van der Waals surface area (Å²) in [6.45, 7) is 3.74. The van der Waals surface area contributed by atoms with Crippen LogP contribution in [0.15, 0.2) is 0 Å². The van der Waals surface area contributed by atoms with Gasteiger partial charge in [0.1, 0.15) is 0 Å². The van der Waals surface area contributed by atoms with Crippen molar-refractivity contribution in [2.45, 2.75) is 19.9 Å². The Labute approximate surface area is 54.5 Å². The molecule has 0 heterocycles. The molecule has 0 fully saturated rings. The fourth-order valence-corrected chi connectivity index (χ4v) is 0.384. The maximum Gasteiger partial charge on any atom is 0.338 e. The second kappa shape index (κ2) is 4.14. The van der Waals surface area contributed by atoms with Crippen LogP contribution in [0, 0.1) is 0 Å². The van der Waals surface area contributed by atoms with Crippen LogP contribution in [0.5, 0.6) is 0 Å². The van der Waals surface area contributed by atoms with Crippen LogP contribution in [0.3, 0.4) is 0 Å². The number of carbonyl (C=O) groups excluding carboxylic acids is 1. The first-order valence-corrected chi connectivity index (χ1v) is 2.76. The Balaban J connectivity index is 3.27. The van der Waals surface area contributed by atoms with Crippen molar-refractivity contribution in [1.82, 2.24) is 10.8 Å². The van der Waals surface area contributed by atoms with Crippen molar-refractivity contribution >= 4 is 6.03 Å². The molecule has 0 spiro atoms. The number of nitrogens with one attached hydrogen (secondary N) is 2. The van der Waals surface area contributed by atoms with Gasteiger partial charge in [0, 0.05) is 6.04 Å². The van der Waals surface area contributed by atoms with Gasteiger partial charge in [-0.25, -0.2) is 10.3 Å². The highest BCUT2D eigenvalue weighted by Gasteiger charge is 1.98. The third-order valence-corrected chi connectivity index (χ3v) is 0.615. The van der Waals surface area contributed by atoms with E-state index in [1.165, 1.54) is 7.11 Å². The molecule has 54 valence electrons. The van der Waals surface area contributed by atoms with E-state index >= 15 is 0 Å². The van der Waals surface area contributed by atoms with Crippen molar-refractivity contribution in [1.29, 1.82) is 0 Å². The van der Waals surface area contributed by atoms with E-state index in [0.29, 0.717) is 0 Å². The summed E-state index contributed by atoms with van der Waals surface area (Å²) in [6, 6.07) is -0.173. The normalized spacial score (nSPS) is 9.33. The van der Waals surface area contributed by atoms with E-state index in [0.717, 1.165) is 0 Å². The molecule has 0 aliphatic rings. The quantitative estimate of drug-likeness (QED) is 0.529. The summed E-state index contributed by atoms with van der Waals surface area (Å²) in [5.41, 5.74) is 2.13. The fraction of sp³-hybridized carbons (Fsp3) is 0.800. The van der Waals surface area contributed by atoms with Gasteiger partial charge in [-0.1, -0.05) is 0 Å². The van der Waals surface area contributed by atoms with Gasteiger partial charge >= 0.3 is 6.03 Å². The van der Waals surface area contributed by atoms with E-state index in [4.69, 9.17) is 0 Å². The second-order valence-electron chi connectivity index (χ2n) is 1.93. The molecule has 0 rings (SSSR count). The molecule has 0 atom stereocenters. The first-order valence-electron chi connectivity index (χ1n) is 2.76. The van der Waals surface area contributed by atoms with E-state index in [1.807, 2.05) is 13.8 Å². The minimum atomic E-state index is -0.312. The SMILES string of the molecule is CONC(=O)NC(C)C. The summed E-state index contributed by atoms with van der Waals surface area (Å²) in [4.78, 5) is 14.8. The predicted molar refractivity (Wildman–Crippen MR) is 33.8 cm³/mol. The molecule has 4 heteroatoms. The van der Waals surface area contributed by atoms with Crippen LogP contribution in [-0.2, 0) is 4.84 Å². The van der Waals surface area contributed by atoms with Crippen LogP contribution in [0.25, 0.3) is 0 Å². The molecule has 0 radical (unpaired) electrons. The summed E-state index contributed by atoms with van der Waals surface area (Å²) < 4.78 is 0. The van der Waals surface area contributed by atoms with Gasteiger partial charge in [0.25, 0.3) is 0 Å². The first-order chi connectivity index (χ1) is 4.16. The molecule has 0 unspecified atom stereocenters. The zero-order valence-electron chi connectivity index (χ0n) is 5.89. The lowest BCUT2D eigenvalue weighted by atomic mass is 10.4. The van der Waals surface area contributed by atoms with Crippen LogP contribution in [-0.4, -0.2) is 19.2 Å². The smallest absolute Gasteiger partial charge is 0.334 e. The third-order valence-electron chi connectivity index (χ3n) is 0.615. The van der Waals surface area contributed by atoms with Gasteiger partial charge in [0.05, 0.1) is 7.11 Å². The van der Waals surface area contributed by atoms with Gasteiger partial charge in [-0.15, -0.1) is 0 Å². The molecular formula is C5H12N2O2. The Bertz CT molecular complexity index is 93.0. The number of rotatable bonds is 2. The van der Waals surface area contributed by atoms with Gasteiger partial charge in [-0.05, 0) is 13.8 Å². The Kier molecular flexibility index (Phi) is 3.79. The van der Waals surface area contributed by atoms with Crippen LogP contribution < -0.4 is 10.8 Å². The molecule has 2 amide bonds. The van der Waals surface area contributed by atoms with Gasteiger partial charge in [-0.2, -0.15) is 0 Å². The van der Waals surface area contributed by atoms with E-state index in [9.17, 15) is 4.79 Å². The zero-order chi connectivity index (χ0) is 7.28. The number of amides is 2. The predicted octanol–water partition coefficient (Wildman–Crippen LogP) is 0.255. The lowest BCUT2D eigenvalue weighted by molar-refractivity contribution is 0.106. The molecule has 0 aromatic heterocycles. The molecule has 0 bridgehead atoms. The molecule has 0 saturated carbocycles. The van der Waals surface area contributed by atoms with E-state index in [-0.39, 0.29) is 12.1 Å². The summed E-state index contributed by atoms with van der Waals surface area (Å²) in [5, 5.41) is 2.57. The van der Waals surface area contributed by atoms with Crippen molar-refractivity contribution < 1.29 is 9.63 Å². The molecule has 0 saturated heterocycles. The van der Waals surface area contributed by atoms with Crippen molar-refractivity contribution in [3.8, 4) is 0 Å². The number of hydrogen-bond acceptors (Lipinski definition) is 2. The molecular weight excluding hydrogens is 120 g/mol. The molecule has 9 heavy (non-hydrogen) atoms. The van der Waals surface area contributed by atoms with Gasteiger partial charge < -0.3 is 5.32 Å². The van der Waals surface area contributed by atoms with E-state index in [2.05, 4.69) is 15.6 Å². The molecule has 2 N–H and O–H groups in total. The largest absolute Gasteiger partial charge is 0.338 e. The van der Waals surface area contributed by atoms with E-state index in [1.54, 1.807) is 0 Å². The van der Waals surface area contributed by atoms with Crippen molar-refractivity contribution in [2.75, 3.05) is 7.11 Å².